The van der Waals surface area contributed by atoms with Gasteiger partial charge in [-0.25, -0.2) is 0 Å². The molecule has 0 bridgehead atoms. The summed E-state index contributed by atoms with van der Waals surface area (Å²) < 4.78 is 0. The van der Waals surface area contributed by atoms with Crippen LogP contribution in [0.25, 0.3) is 0 Å². The lowest BCUT2D eigenvalue weighted by atomic mass is 10.00. The van der Waals surface area contributed by atoms with Crippen LogP contribution in [-0.2, 0) is 11.2 Å². The largest absolute Gasteiger partial charge is 0.352 e. The fraction of sp³-hybridized carbons (Fsp3) is 0.632. The predicted molar refractivity (Wildman–Crippen MR) is 91.9 cm³/mol. The van der Waals surface area contributed by atoms with Crippen LogP contribution >= 0.6 is 0 Å². The van der Waals surface area contributed by atoms with Gasteiger partial charge in [-0.1, -0.05) is 43.7 Å². The van der Waals surface area contributed by atoms with Crippen molar-refractivity contribution in [2.75, 3.05) is 13.1 Å². The van der Waals surface area contributed by atoms with E-state index in [1.807, 2.05) is 6.07 Å². The van der Waals surface area contributed by atoms with Gasteiger partial charge in [-0.15, -0.1) is 0 Å². The van der Waals surface area contributed by atoms with Gasteiger partial charge in [-0.3, -0.25) is 9.69 Å². The van der Waals surface area contributed by atoms with E-state index < -0.39 is 0 Å². The second-order valence-corrected chi connectivity index (χ2v) is 6.48. The van der Waals surface area contributed by atoms with Crippen molar-refractivity contribution in [3.05, 3.63) is 35.9 Å². The molecule has 0 radical (unpaired) electrons. The number of rotatable bonds is 7. The summed E-state index contributed by atoms with van der Waals surface area (Å²) in [6, 6.07) is 10.8. The van der Waals surface area contributed by atoms with E-state index in [0.29, 0.717) is 0 Å². The first kappa shape index (κ1) is 17.0. The number of benzene rings is 1. The molecule has 1 heterocycles. The van der Waals surface area contributed by atoms with Crippen LogP contribution in [0.1, 0.15) is 51.5 Å². The number of piperidine rings is 1. The molecule has 22 heavy (non-hydrogen) atoms. The number of amides is 1. The van der Waals surface area contributed by atoms with Crippen LogP contribution in [0, 0.1) is 0 Å². The predicted octanol–water partition coefficient (Wildman–Crippen LogP) is 3.39. The monoisotopic (exact) mass is 302 g/mol. The fourth-order valence-corrected chi connectivity index (χ4v) is 3.28. The Kier molecular flexibility index (Phi) is 6.91. The zero-order chi connectivity index (χ0) is 15.8. The Morgan fingerprint density at radius 1 is 1.32 bits per heavy atom. The number of nitrogens with one attached hydrogen (secondary N) is 1. The van der Waals surface area contributed by atoms with Gasteiger partial charge in [0, 0.05) is 6.04 Å². The van der Waals surface area contributed by atoms with Crippen molar-refractivity contribution in [2.45, 2.75) is 64.5 Å². The summed E-state index contributed by atoms with van der Waals surface area (Å²) in [5, 5.41) is 3.23. The Morgan fingerprint density at radius 2 is 2.09 bits per heavy atom. The number of aryl methyl sites for hydroxylation is 1. The molecule has 122 valence electrons. The third-order valence-corrected chi connectivity index (χ3v) is 4.52. The molecular formula is C19H30N2O. The quantitative estimate of drug-likeness (QED) is 0.837. The van der Waals surface area contributed by atoms with E-state index in [-0.39, 0.29) is 18.0 Å². The molecule has 0 spiro atoms. The lowest BCUT2D eigenvalue weighted by molar-refractivity contribution is -0.128. The van der Waals surface area contributed by atoms with E-state index in [9.17, 15) is 4.79 Å². The van der Waals surface area contributed by atoms with E-state index in [4.69, 9.17) is 0 Å². The van der Waals surface area contributed by atoms with Crippen LogP contribution in [0.5, 0.6) is 0 Å². The van der Waals surface area contributed by atoms with Crippen LogP contribution < -0.4 is 5.32 Å². The topological polar surface area (TPSA) is 32.3 Å². The van der Waals surface area contributed by atoms with E-state index in [0.717, 1.165) is 38.8 Å². The third-order valence-electron chi connectivity index (χ3n) is 4.52. The van der Waals surface area contributed by atoms with Gasteiger partial charge in [-0.2, -0.15) is 0 Å². The van der Waals surface area contributed by atoms with Crippen molar-refractivity contribution in [3.63, 3.8) is 0 Å². The Bertz CT molecular complexity index is 444. The van der Waals surface area contributed by atoms with E-state index in [1.54, 1.807) is 0 Å². The van der Waals surface area contributed by atoms with Gasteiger partial charge in [0.1, 0.15) is 0 Å². The highest BCUT2D eigenvalue weighted by atomic mass is 16.2. The van der Waals surface area contributed by atoms with Crippen molar-refractivity contribution in [1.29, 1.82) is 0 Å². The maximum Gasteiger partial charge on any atom is 0.237 e. The van der Waals surface area contributed by atoms with Crippen LogP contribution in [0.15, 0.2) is 30.3 Å². The molecule has 1 aliphatic heterocycles. The first-order valence-corrected chi connectivity index (χ1v) is 8.79. The summed E-state index contributed by atoms with van der Waals surface area (Å²) in [6.07, 6.45) is 6.55. The Labute approximate surface area is 135 Å². The molecule has 3 heteroatoms. The Balaban J connectivity index is 1.79. The van der Waals surface area contributed by atoms with Crippen molar-refractivity contribution in [1.82, 2.24) is 10.2 Å². The standard InChI is InChI=1S/C19H30N2O/c1-3-14-21-15-8-7-11-18(21)19(22)20-16(2)12-13-17-9-5-4-6-10-17/h4-6,9-10,16,18H,3,7-8,11-15H2,1-2H3,(H,20,22). The molecule has 2 unspecified atom stereocenters. The van der Waals surface area contributed by atoms with Gasteiger partial charge in [0.25, 0.3) is 0 Å². The van der Waals surface area contributed by atoms with Crippen molar-refractivity contribution in [3.8, 4) is 0 Å². The first-order chi connectivity index (χ1) is 10.7. The first-order valence-electron chi connectivity index (χ1n) is 8.79. The van der Waals surface area contributed by atoms with Crippen LogP contribution in [0.4, 0.5) is 0 Å². The molecule has 0 aromatic heterocycles. The zero-order valence-electron chi connectivity index (χ0n) is 14.1. The lowest BCUT2D eigenvalue weighted by Crippen LogP contribution is -2.51. The molecule has 0 saturated carbocycles. The molecule has 2 atom stereocenters. The average molecular weight is 302 g/mol. The van der Waals surface area contributed by atoms with Crippen LogP contribution in [0.2, 0.25) is 0 Å². The highest BCUT2D eigenvalue weighted by molar-refractivity contribution is 5.82. The minimum absolute atomic E-state index is 0.0906. The molecule has 1 amide bonds. The molecule has 0 aliphatic carbocycles. The number of carbonyl (C=O) groups excluding carboxylic acids is 1. The van der Waals surface area contributed by atoms with Crippen molar-refractivity contribution < 1.29 is 4.79 Å². The van der Waals surface area contributed by atoms with Crippen LogP contribution in [0.3, 0.4) is 0 Å². The summed E-state index contributed by atoms with van der Waals surface area (Å²) in [7, 11) is 0. The zero-order valence-corrected chi connectivity index (χ0v) is 14.1. The summed E-state index contributed by atoms with van der Waals surface area (Å²) in [4.78, 5) is 14.9. The average Bonchev–Trinajstić information content (AvgIpc) is 2.55. The summed E-state index contributed by atoms with van der Waals surface area (Å²) >= 11 is 0. The van der Waals surface area contributed by atoms with Crippen molar-refractivity contribution in [2.24, 2.45) is 0 Å². The minimum Gasteiger partial charge on any atom is -0.352 e. The number of nitrogens with zero attached hydrogens (tertiary/aromatic N) is 1. The number of hydrogen-bond acceptors (Lipinski definition) is 2. The fourth-order valence-electron chi connectivity index (χ4n) is 3.28. The van der Waals surface area contributed by atoms with Gasteiger partial charge in [0.05, 0.1) is 6.04 Å². The summed E-state index contributed by atoms with van der Waals surface area (Å²) in [6.45, 7) is 6.42. The van der Waals surface area contributed by atoms with Crippen LogP contribution in [-0.4, -0.2) is 36.0 Å². The maximum atomic E-state index is 12.6. The van der Waals surface area contributed by atoms with Gasteiger partial charge >= 0.3 is 0 Å². The lowest BCUT2D eigenvalue weighted by Gasteiger charge is -2.35. The van der Waals surface area contributed by atoms with Gasteiger partial charge < -0.3 is 5.32 Å². The highest BCUT2D eigenvalue weighted by Gasteiger charge is 2.28. The molecule has 2 rings (SSSR count). The minimum atomic E-state index is 0.0906. The van der Waals surface area contributed by atoms with Crippen molar-refractivity contribution >= 4 is 5.91 Å². The maximum absolute atomic E-state index is 12.6. The molecular weight excluding hydrogens is 272 g/mol. The Hall–Kier alpha value is -1.35. The molecule has 1 fully saturated rings. The molecule has 3 nitrogen and oxygen atoms in total. The Morgan fingerprint density at radius 3 is 2.82 bits per heavy atom. The normalized spacial score (nSPS) is 20.5. The molecule has 1 aromatic rings. The van der Waals surface area contributed by atoms with Gasteiger partial charge in [0.15, 0.2) is 0 Å². The van der Waals surface area contributed by atoms with E-state index in [1.165, 1.54) is 18.4 Å². The number of carbonyl (C=O) groups is 1. The number of hydrogen-bond donors (Lipinski definition) is 1. The highest BCUT2D eigenvalue weighted by Crippen LogP contribution is 2.17. The van der Waals surface area contributed by atoms with Gasteiger partial charge in [-0.05, 0) is 57.7 Å². The summed E-state index contributed by atoms with van der Waals surface area (Å²) in [5.74, 6) is 0.230. The molecule has 1 saturated heterocycles. The third kappa shape index (κ3) is 5.13. The van der Waals surface area contributed by atoms with E-state index in [2.05, 4.69) is 48.3 Å². The smallest absolute Gasteiger partial charge is 0.237 e. The second kappa shape index (κ2) is 8.94. The second-order valence-electron chi connectivity index (χ2n) is 6.48. The molecule has 1 N–H and O–H groups in total. The molecule has 1 aliphatic rings. The van der Waals surface area contributed by atoms with Gasteiger partial charge in [0.2, 0.25) is 5.91 Å². The summed E-state index contributed by atoms with van der Waals surface area (Å²) in [5.41, 5.74) is 1.34. The molecule has 1 aromatic carbocycles. The van der Waals surface area contributed by atoms with E-state index >= 15 is 0 Å². The number of likely N-dealkylation sites (tertiary alicyclic amines) is 1. The SMILES string of the molecule is CCCN1CCCCC1C(=O)NC(C)CCc1ccccc1.